The van der Waals surface area contributed by atoms with E-state index in [4.69, 9.17) is 4.74 Å². The Hall–Kier alpha value is -4.07. The quantitative estimate of drug-likeness (QED) is 0.450. The van der Waals surface area contributed by atoms with Crippen LogP contribution in [0.15, 0.2) is 60.6 Å². The summed E-state index contributed by atoms with van der Waals surface area (Å²) >= 11 is 0. The molecule has 0 saturated heterocycles. The Kier molecular flexibility index (Phi) is 4.86. The molecule has 8 heteroatoms. The number of aromatic nitrogens is 4. The van der Waals surface area contributed by atoms with Gasteiger partial charge in [0.05, 0.1) is 25.2 Å². The highest BCUT2D eigenvalue weighted by atomic mass is 19.1. The van der Waals surface area contributed by atoms with Gasteiger partial charge in [0.25, 0.3) is 0 Å². The normalized spacial score (nSPS) is 16.9. The molecule has 3 heterocycles. The van der Waals surface area contributed by atoms with Gasteiger partial charge in [-0.3, -0.25) is 4.98 Å². The second-order valence-corrected chi connectivity index (χ2v) is 8.70. The lowest BCUT2D eigenvalue weighted by atomic mass is 9.88. The number of hydrogen-bond donors (Lipinski definition) is 1. The predicted octanol–water partition coefficient (Wildman–Crippen LogP) is 4.69. The highest BCUT2D eigenvalue weighted by Gasteiger charge is 2.29. The van der Waals surface area contributed by atoms with Crippen LogP contribution in [0.3, 0.4) is 0 Å². The number of pyridine rings is 1. The second kappa shape index (κ2) is 8.06. The molecule has 0 bridgehead atoms. The van der Waals surface area contributed by atoms with Gasteiger partial charge in [0.2, 0.25) is 0 Å². The molecule has 0 spiro atoms. The van der Waals surface area contributed by atoms with E-state index in [2.05, 4.69) is 44.6 Å². The first-order valence-corrected chi connectivity index (χ1v) is 11.2. The lowest BCUT2D eigenvalue weighted by Gasteiger charge is -2.26. The Balaban J connectivity index is 1.39. The Bertz CT molecular complexity index is 1480. The van der Waals surface area contributed by atoms with Crippen LogP contribution in [0.25, 0.3) is 22.5 Å². The molecule has 0 radical (unpaired) electrons. The Morgan fingerprint density at radius 2 is 2.09 bits per heavy atom. The summed E-state index contributed by atoms with van der Waals surface area (Å²) in [6.07, 6.45) is 8.09. The molecular weight excluding hydrogens is 433 g/mol. The molecular formula is C26H22FN5O2. The zero-order chi connectivity index (χ0) is 23.2. The van der Waals surface area contributed by atoms with Crippen LogP contribution in [0.4, 0.5) is 10.2 Å². The first-order chi connectivity index (χ1) is 16.6. The number of esters is 1. The molecule has 2 aliphatic carbocycles. The third kappa shape index (κ3) is 3.42. The van der Waals surface area contributed by atoms with Gasteiger partial charge in [-0.2, -0.15) is 9.61 Å². The van der Waals surface area contributed by atoms with Gasteiger partial charge in [0.15, 0.2) is 5.65 Å². The average molecular weight is 455 g/mol. The summed E-state index contributed by atoms with van der Waals surface area (Å²) in [7, 11) is 1.32. The van der Waals surface area contributed by atoms with Crippen molar-refractivity contribution in [2.24, 2.45) is 0 Å². The van der Waals surface area contributed by atoms with Crippen molar-refractivity contribution < 1.29 is 13.9 Å². The molecule has 6 rings (SSSR count). The van der Waals surface area contributed by atoms with E-state index in [9.17, 15) is 9.18 Å². The topological polar surface area (TPSA) is 81.4 Å². The molecule has 1 atom stereocenters. The fraction of sp³-hybridized carbons (Fsp3) is 0.231. The molecule has 0 aliphatic heterocycles. The molecule has 4 aromatic rings. The monoisotopic (exact) mass is 455 g/mol. The molecule has 2 aliphatic rings. The summed E-state index contributed by atoms with van der Waals surface area (Å²) in [6, 6.07) is 12.0. The van der Waals surface area contributed by atoms with Crippen molar-refractivity contribution in [1.29, 1.82) is 0 Å². The van der Waals surface area contributed by atoms with Crippen molar-refractivity contribution in [1.82, 2.24) is 19.6 Å². The minimum absolute atomic E-state index is 0.180. The molecule has 0 unspecified atom stereocenters. The van der Waals surface area contributed by atoms with Gasteiger partial charge >= 0.3 is 5.97 Å². The van der Waals surface area contributed by atoms with E-state index < -0.39 is 11.8 Å². The fourth-order valence-electron chi connectivity index (χ4n) is 5.04. The SMILES string of the molecule is COC(=O)c1cnn2c(N[C@@H]3CCC4=C(C3)c3ccccc3C4)cc(-c3cncc(F)c3)nc12. The summed E-state index contributed by atoms with van der Waals surface area (Å²) < 4.78 is 20.4. The Morgan fingerprint density at radius 1 is 1.21 bits per heavy atom. The number of hydrogen-bond acceptors (Lipinski definition) is 6. The van der Waals surface area contributed by atoms with Crippen molar-refractivity contribution in [3.05, 3.63) is 83.1 Å². The maximum atomic E-state index is 13.9. The van der Waals surface area contributed by atoms with Gasteiger partial charge < -0.3 is 10.1 Å². The molecule has 0 saturated carbocycles. The molecule has 0 fully saturated rings. The minimum Gasteiger partial charge on any atom is -0.465 e. The molecule has 0 amide bonds. The van der Waals surface area contributed by atoms with E-state index in [1.54, 1.807) is 10.7 Å². The minimum atomic E-state index is -0.530. The number of fused-ring (bicyclic) bond motifs is 3. The van der Waals surface area contributed by atoms with E-state index >= 15 is 0 Å². The van der Waals surface area contributed by atoms with Crippen LogP contribution in [-0.4, -0.2) is 38.7 Å². The third-order valence-electron chi connectivity index (χ3n) is 6.65. The lowest BCUT2D eigenvalue weighted by molar-refractivity contribution is 0.0602. The number of halogens is 1. The molecule has 7 nitrogen and oxygen atoms in total. The second-order valence-electron chi connectivity index (χ2n) is 8.70. The maximum absolute atomic E-state index is 13.9. The van der Waals surface area contributed by atoms with Gasteiger partial charge in [0.1, 0.15) is 17.2 Å². The predicted molar refractivity (Wildman–Crippen MR) is 126 cm³/mol. The van der Waals surface area contributed by atoms with Crippen LogP contribution >= 0.6 is 0 Å². The number of carbonyl (C=O) groups is 1. The van der Waals surface area contributed by atoms with Gasteiger partial charge in [-0.05, 0) is 48.4 Å². The Labute approximate surface area is 195 Å². The van der Waals surface area contributed by atoms with Crippen molar-refractivity contribution in [3.8, 4) is 11.3 Å². The highest BCUT2D eigenvalue weighted by molar-refractivity contribution is 5.96. The zero-order valence-corrected chi connectivity index (χ0v) is 18.6. The third-order valence-corrected chi connectivity index (χ3v) is 6.65. The number of ether oxygens (including phenoxy) is 1. The molecule has 34 heavy (non-hydrogen) atoms. The van der Waals surface area contributed by atoms with Crippen molar-refractivity contribution in [2.45, 2.75) is 31.7 Å². The van der Waals surface area contributed by atoms with E-state index in [1.165, 1.54) is 41.6 Å². The molecule has 170 valence electrons. The summed E-state index contributed by atoms with van der Waals surface area (Å²) in [4.78, 5) is 20.9. The fourth-order valence-corrected chi connectivity index (χ4v) is 5.04. The van der Waals surface area contributed by atoms with Crippen LogP contribution < -0.4 is 5.32 Å². The largest absolute Gasteiger partial charge is 0.465 e. The molecule has 1 aromatic carbocycles. The summed E-state index contributed by atoms with van der Waals surface area (Å²) in [5.41, 5.74) is 7.30. The maximum Gasteiger partial charge on any atom is 0.343 e. The number of rotatable bonds is 4. The molecule has 1 N–H and O–H groups in total. The van der Waals surface area contributed by atoms with E-state index in [1.807, 2.05) is 6.07 Å². The summed E-state index contributed by atoms with van der Waals surface area (Å²) in [5.74, 6) is -0.306. The van der Waals surface area contributed by atoms with Crippen LogP contribution in [0, 0.1) is 5.82 Å². The van der Waals surface area contributed by atoms with Gasteiger partial charge in [-0.25, -0.2) is 14.2 Å². The van der Waals surface area contributed by atoms with Gasteiger partial charge in [0, 0.05) is 23.9 Å². The van der Waals surface area contributed by atoms with E-state index in [0.29, 0.717) is 22.7 Å². The number of nitrogens with zero attached hydrogens (tertiary/aromatic N) is 4. The summed E-state index contributed by atoms with van der Waals surface area (Å²) in [5, 5.41) is 8.02. The number of methoxy groups -OCH3 is 1. The van der Waals surface area contributed by atoms with Gasteiger partial charge in [-0.1, -0.05) is 29.8 Å². The van der Waals surface area contributed by atoms with E-state index in [-0.39, 0.29) is 11.6 Å². The van der Waals surface area contributed by atoms with Crippen LogP contribution in [0.5, 0.6) is 0 Å². The smallest absolute Gasteiger partial charge is 0.343 e. The van der Waals surface area contributed by atoms with Gasteiger partial charge in [-0.15, -0.1) is 0 Å². The standard InChI is InChI=1S/C26H22FN5O2/c1-34-26(33)22-14-29-32-24(11-23(31-25(22)32)17-9-18(27)13-28-12-17)30-19-7-6-16-8-15-4-2-3-5-20(15)21(16)10-19/h2-5,9,11-14,19,30H,6-8,10H2,1H3/t19-/m1/s1. The zero-order valence-electron chi connectivity index (χ0n) is 18.6. The number of anilines is 1. The summed E-state index contributed by atoms with van der Waals surface area (Å²) in [6.45, 7) is 0. The highest BCUT2D eigenvalue weighted by Crippen LogP contribution is 2.42. The first-order valence-electron chi connectivity index (χ1n) is 11.2. The van der Waals surface area contributed by atoms with Crippen molar-refractivity contribution in [2.75, 3.05) is 12.4 Å². The van der Waals surface area contributed by atoms with Crippen molar-refractivity contribution in [3.63, 3.8) is 0 Å². The number of benzene rings is 1. The Morgan fingerprint density at radius 3 is 2.94 bits per heavy atom. The lowest BCUT2D eigenvalue weighted by Crippen LogP contribution is -2.24. The molecule has 3 aromatic heterocycles. The number of carbonyl (C=O) groups excluding carboxylic acids is 1. The van der Waals surface area contributed by atoms with E-state index in [0.717, 1.165) is 31.9 Å². The number of allylic oxidation sites excluding steroid dienone is 1. The van der Waals surface area contributed by atoms with Crippen LogP contribution in [-0.2, 0) is 11.2 Å². The average Bonchev–Trinajstić information content (AvgIpc) is 3.45. The first kappa shape index (κ1) is 20.5. The van der Waals surface area contributed by atoms with Crippen LogP contribution in [0.2, 0.25) is 0 Å². The van der Waals surface area contributed by atoms with Crippen LogP contribution in [0.1, 0.15) is 40.7 Å². The number of nitrogens with one attached hydrogen (secondary N) is 1. The van der Waals surface area contributed by atoms with Crippen molar-refractivity contribution >= 4 is 23.0 Å².